The van der Waals surface area contributed by atoms with Gasteiger partial charge in [0.25, 0.3) is 0 Å². The fourth-order valence-electron chi connectivity index (χ4n) is 1.64. The van der Waals surface area contributed by atoms with E-state index in [1.807, 2.05) is 0 Å². The quantitative estimate of drug-likeness (QED) is 0.573. The number of hydrogen-bond donors (Lipinski definition) is 2. The van der Waals surface area contributed by atoms with E-state index in [2.05, 4.69) is 26.1 Å². The highest BCUT2D eigenvalue weighted by atomic mass is 16.3. The van der Waals surface area contributed by atoms with Crippen LogP contribution in [0.5, 0.6) is 0 Å². The van der Waals surface area contributed by atoms with Gasteiger partial charge < -0.3 is 5.11 Å². The van der Waals surface area contributed by atoms with Crippen LogP contribution in [0.25, 0.3) is 0 Å². The molecule has 0 rings (SSSR count). The second kappa shape index (κ2) is 8.52. The third-order valence-electron chi connectivity index (χ3n) is 2.26. The zero-order valence-corrected chi connectivity index (χ0v) is 9.34. The standard InChI is InChI=1S/C11H25NO/c1-4-7-10(8-5-2)12-11(13)9-6-3/h10-13H,4-9H2,1-3H3. The maximum atomic E-state index is 9.56. The van der Waals surface area contributed by atoms with Gasteiger partial charge in [0.05, 0.1) is 0 Å². The molecule has 2 heteroatoms. The van der Waals surface area contributed by atoms with Crippen molar-refractivity contribution in [3.63, 3.8) is 0 Å². The van der Waals surface area contributed by atoms with Gasteiger partial charge in [-0.15, -0.1) is 0 Å². The molecule has 0 bridgehead atoms. The maximum Gasteiger partial charge on any atom is 0.105 e. The van der Waals surface area contributed by atoms with Crippen molar-refractivity contribution in [2.24, 2.45) is 0 Å². The molecule has 2 nitrogen and oxygen atoms in total. The smallest absolute Gasteiger partial charge is 0.105 e. The first-order valence-corrected chi connectivity index (χ1v) is 5.68. The van der Waals surface area contributed by atoms with Crippen LogP contribution in [0.15, 0.2) is 0 Å². The molecule has 0 aromatic rings. The van der Waals surface area contributed by atoms with Crippen molar-refractivity contribution in [2.45, 2.75) is 71.6 Å². The maximum absolute atomic E-state index is 9.56. The molecule has 0 radical (unpaired) electrons. The van der Waals surface area contributed by atoms with Gasteiger partial charge in [-0.3, -0.25) is 5.32 Å². The minimum Gasteiger partial charge on any atom is -0.379 e. The summed E-state index contributed by atoms with van der Waals surface area (Å²) in [6, 6.07) is 0.511. The Hall–Kier alpha value is -0.0800. The number of hydrogen-bond acceptors (Lipinski definition) is 2. The van der Waals surface area contributed by atoms with Crippen molar-refractivity contribution in [3.05, 3.63) is 0 Å². The molecular weight excluding hydrogens is 162 g/mol. The lowest BCUT2D eigenvalue weighted by atomic mass is 10.1. The second-order valence-corrected chi connectivity index (χ2v) is 3.75. The molecule has 0 amide bonds. The Morgan fingerprint density at radius 3 is 1.77 bits per heavy atom. The predicted molar refractivity (Wildman–Crippen MR) is 57.7 cm³/mol. The van der Waals surface area contributed by atoms with Crippen molar-refractivity contribution in [2.75, 3.05) is 0 Å². The van der Waals surface area contributed by atoms with Crippen molar-refractivity contribution < 1.29 is 5.11 Å². The van der Waals surface area contributed by atoms with E-state index >= 15 is 0 Å². The van der Waals surface area contributed by atoms with Crippen LogP contribution in [0.1, 0.15) is 59.3 Å². The Labute approximate surface area is 82.7 Å². The molecule has 0 spiro atoms. The van der Waals surface area contributed by atoms with Crippen LogP contribution >= 0.6 is 0 Å². The largest absolute Gasteiger partial charge is 0.379 e. The molecule has 0 aliphatic carbocycles. The molecule has 0 fully saturated rings. The predicted octanol–water partition coefficient (Wildman–Crippen LogP) is 2.66. The fraction of sp³-hybridized carbons (Fsp3) is 1.00. The normalized spacial score (nSPS) is 13.6. The minimum atomic E-state index is -0.298. The van der Waals surface area contributed by atoms with Crippen LogP contribution in [0.2, 0.25) is 0 Å². The van der Waals surface area contributed by atoms with Gasteiger partial charge in [-0.25, -0.2) is 0 Å². The fourth-order valence-corrected chi connectivity index (χ4v) is 1.64. The van der Waals surface area contributed by atoms with Gasteiger partial charge in [-0.1, -0.05) is 40.0 Å². The summed E-state index contributed by atoms with van der Waals surface area (Å²) in [4.78, 5) is 0. The first-order chi connectivity index (χ1) is 6.24. The van der Waals surface area contributed by atoms with Crippen molar-refractivity contribution in [1.82, 2.24) is 5.32 Å². The van der Waals surface area contributed by atoms with Gasteiger partial charge in [0.15, 0.2) is 0 Å². The SMILES string of the molecule is CCCC(O)NC(CCC)CCC. The van der Waals surface area contributed by atoms with Gasteiger partial charge in [-0.05, 0) is 19.3 Å². The monoisotopic (exact) mass is 187 g/mol. The molecule has 0 aliphatic heterocycles. The first kappa shape index (κ1) is 12.9. The van der Waals surface area contributed by atoms with E-state index in [0.717, 1.165) is 12.8 Å². The topological polar surface area (TPSA) is 32.3 Å². The van der Waals surface area contributed by atoms with E-state index in [9.17, 15) is 5.11 Å². The first-order valence-electron chi connectivity index (χ1n) is 5.68. The van der Waals surface area contributed by atoms with Crippen molar-refractivity contribution in [1.29, 1.82) is 0 Å². The number of rotatable bonds is 8. The Kier molecular flexibility index (Phi) is 8.46. The molecule has 1 atom stereocenters. The summed E-state index contributed by atoms with van der Waals surface area (Å²) < 4.78 is 0. The van der Waals surface area contributed by atoms with E-state index in [1.165, 1.54) is 25.7 Å². The van der Waals surface area contributed by atoms with Gasteiger partial charge in [0, 0.05) is 6.04 Å². The Bertz CT molecular complexity index is 100. The van der Waals surface area contributed by atoms with Crippen LogP contribution in [-0.4, -0.2) is 17.4 Å². The van der Waals surface area contributed by atoms with Gasteiger partial charge in [0.2, 0.25) is 0 Å². The van der Waals surface area contributed by atoms with Crippen LogP contribution in [-0.2, 0) is 0 Å². The number of aliphatic hydroxyl groups excluding tert-OH is 1. The third kappa shape index (κ3) is 7.03. The highest BCUT2D eigenvalue weighted by molar-refractivity contribution is 4.67. The van der Waals surface area contributed by atoms with Crippen LogP contribution in [0.3, 0.4) is 0 Å². The lowest BCUT2D eigenvalue weighted by Crippen LogP contribution is -2.38. The summed E-state index contributed by atoms with van der Waals surface area (Å²) in [6.45, 7) is 6.48. The van der Waals surface area contributed by atoms with E-state index < -0.39 is 0 Å². The third-order valence-corrected chi connectivity index (χ3v) is 2.26. The molecular formula is C11H25NO. The molecule has 0 aliphatic rings. The average molecular weight is 187 g/mol. The highest BCUT2D eigenvalue weighted by Crippen LogP contribution is 2.06. The number of nitrogens with one attached hydrogen (secondary N) is 1. The molecule has 2 N–H and O–H groups in total. The summed E-state index contributed by atoms with van der Waals surface area (Å²) >= 11 is 0. The molecule has 0 aromatic carbocycles. The molecule has 0 saturated heterocycles. The lowest BCUT2D eigenvalue weighted by Gasteiger charge is -2.21. The minimum absolute atomic E-state index is 0.298. The Morgan fingerprint density at radius 2 is 1.38 bits per heavy atom. The molecule has 80 valence electrons. The molecule has 0 aromatic heterocycles. The summed E-state index contributed by atoms with van der Waals surface area (Å²) in [5, 5.41) is 12.8. The van der Waals surface area contributed by atoms with Gasteiger partial charge in [-0.2, -0.15) is 0 Å². The second-order valence-electron chi connectivity index (χ2n) is 3.75. The number of aliphatic hydroxyl groups is 1. The van der Waals surface area contributed by atoms with Crippen molar-refractivity contribution in [3.8, 4) is 0 Å². The zero-order chi connectivity index (χ0) is 10.1. The summed E-state index contributed by atoms with van der Waals surface area (Å²) in [5.41, 5.74) is 0. The summed E-state index contributed by atoms with van der Waals surface area (Å²) in [5.74, 6) is 0. The molecule has 1 unspecified atom stereocenters. The van der Waals surface area contributed by atoms with E-state index in [-0.39, 0.29) is 6.23 Å². The zero-order valence-electron chi connectivity index (χ0n) is 9.34. The molecule has 0 heterocycles. The lowest BCUT2D eigenvalue weighted by molar-refractivity contribution is 0.108. The Balaban J connectivity index is 3.64. The van der Waals surface area contributed by atoms with E-state index in [4.69, 9.17) is 0 Å². The summed E-state index contributed by atoms with van der Waals surface area (Å²) in [6.07, 6.45) is 6.34. The average Bonchev–Trinajstić information content (AvgIpc) is 2.05. The molecule has 13 heavy (non-hydrogen) atoms. The van der Waals surface area contributed by atoms with Crippen LogP contribution in [0.4, 0.5) is 0 Å². The Morgan fingerprint density at radius 1 is 0.923 bits per heavy atom. The van der Waals surface area contributed by atoms with Gasteiger partial charge >= 0.3 is 0 Å². The van der Waals surface area contributed by atoms with Crippen LogP contribution in [0, 0.1) is 0 Å². The van der Waals surface area contributed by atoms with E-state index in [1.54, 1.807) is 0 Å². The van der Waals surface area contributed by atoms with Crippen molar-refractivity contribution >= 4 is 0 Å². The van der Waals surface area contributed by atoms with E-state index in [0.29, 0.717) is 6.04 Å². The molecule has 0 saturated carbocycles. The van der Waals surface area contributed by atoms with Crippen LogP contribution < -0.4 is 5.32 Å². The summed E-state index contributed by atoms with van der Waals surface area (Å²) in [7, 11) is 0. The van der Waals surface area contributed by atoms with Gasteiger partial charge in [0.1, 0.15) is 6.23 Å². The highest BCUT2D eigenvalue weighted by Gasteiger charge is 2.10.